The van der Waals surface area contributed by atoms with Crippen molar-refractivity contribution in [2.75, 3.05) is 19.6 Å². The molecule has 0 aromatic heterocycles. The van der Waals surface area contributed by atoms with E-state index in [9.17, 15) is 4.39 Å². The Morgan fingerprint density at radius 3 is 3.00 bits per heavy atom. The normalized spacial score (nSPS) is 25.0. The number of rotatable bonds is 2. The van der Waals surface area contributed by atoms with Crippen LogP contribution in [0.5, 0.6) is 5.75 Å². The second-order valence-corrected chi connectivity index (χ2v) is 4.67. The van der Waals surface area contributed by atoms with Crippen molar-refractivity contribution in [2.24, 2.45) is 5.73 Å². The average Bonchev–Trinajstić information content (AvgIpc) is 2.57. The number of hydrogen-bond donors (Lipinski definition) is 1. The molecule has 0 aliphatic carbocycles. The lowest BCUT2D eigenvalue weighted by Gasteiger charge is -2.38. The van der Waals surface area contributed by atoms with Crippen molar-refractivity contribution >= 4 is 0 Å². The Kier molecular flexibility index (Phi) is 2.33. The van der Waals surface area contributed by atoms with E-state index in [1.807, 2.05) is 0 Å². The summed E-state index contributed by atoms with van der Waals surface area (Å²) in [5, 5.41) is 0. The molecule has 1 fully saturated rings. The predicted octanol–water partition coefficient (Wildman–Crippen LogP) is 0.772. The molecule has 2 heterocycles. The molecular weight excluding hydrogens is 207 g/mol. The molecular formula is C12H15FN2O. The SMILES string of the molecule is NC1CN(CC2Cc3cc(F)ccc3O2)C1. The third kappa shape index (κ3) is 1.79. The van der Waals surface area contributed by atoms with E-state index in [0.29, 0.717) is 6.04 Å². The molecule has 0 amide bonds. The van der Waals surface area contributed by atoms with Crippen LogP contribution in [0.4, 0.5) is 4.39 Å². The number of nitrogens with two attached hydrogens (primary N) is 1. The highest BCUT2D eigenvalue weighted by Gasteiger charge is 2.30. The van der Waals surface area contributed by atoms with Crippen molar-refractivity contribution in [1.82, 2.24) is 4.90 Å². The smallest absolute Gasteiger partial charge is 0.123 e. The van der Waals surface area contributed by atoms with E-state index < -0.39 is 0 Å². The van der Waals surface area contributed by atoms with Gasteiger partial charge in [-0.25, -0.2) is 4.39 Å². The van der Waals surface area contributed by atoms with E-state index in [1.165, 1.54) is 6.07 Å². The fourth-order valence-electron chi connectivity index (χ4n) is 2.44. The van der Waals surface area contributed by atoms with Gasteiger partial charge in [-0.2, -0.15) is 0 Å². The molecule has 1 aromatic carbocycles. The van der Waals surface area contributed by atoms with E-state index in [4.69, 9.17) is 10.5 Å². The standard InChI is InChI=1S/C12H15FN2O/c13-9-1-2-12-8(3-9)4-11(16-12)7-15-5-10(14)6-15/h1-3,10-11H,4-7,14H2. The first-order chi connectivity index (χ1) is 7.70. The predicted molar refractivity (Wildman–Crippen MR) is 58.9 cm³/mol. The number of hydrogen-bond acceptors (Lipinski definition) is 3. The van der Waals surface area contributed by atoms with Gasteiger partial charge in [-0.05, 0) is 18.2 Å². The molecule has 4 heteroatoms. The highest BCUT2D eigenvalue weighted by Crippen LogP contribution is 2.29. The third-order valence-electron chi connectivity index (χ3n) is 3.21. The molecule has 0 spiro atoms. The minimum Gasteiger partial charge on any atom is -0.488 e. The highest BCUT2D eigenvalue weighted by molar-refractivity contribution is 5.37. The first kappa shape index (κ1) is 10.1. The second kappa shape index (κ2) is 3.71. The van der Waals surface area contributed by atoms with Crippen molar-refractivity contribution in [3.63, 3.8) is 0 Å². The number of nitrogens with zero attached hydrogens (tertiary/aromatic N) is 1. The molecule has 86 valence electrons. The zero-order chi connectivity index (χ0) is 11.1. The summed E-state index contributed by atoms with van der Waals surface area (Å²) in [5.74, 6) is 0.644. The van der Waals surface area contributed by atoms with Gasteiger partial charge in [0.1, 0.15) is 17.7 Å². The van der Waals surface area contributed by atoms with Crippen LogP contribution in [0.3, 0.4) is 0 Å². The van der Waals surface area contributed by atoms with Crippen LogP contribution in [0.25, 0.3) is 0 Å². The number of likely N-dealkylation sites (tertiary alicyclic amines) is 1. The summed E-state index contributed by atoms with van der Waals surface area (Å²) in [6.45, 7) is 2.79. The minimum absolute atomic E-state index is 0.157. The van der Waals surface area contributed by atoms with Crippen LogP contribution in [-0.2, 0) is 6.42 Å². The van der Waals surface area contributed by atoms with Crippen LogP contribution < -0.4 is 10.5 Å². The molecule has 2 N–H and O–H groups in total. The van der Waals surface area contributed by atoms with E-state index in [2.05, 4.69) is 4.90 Å². The van der Waals surface area contributed by atoms with Gasteiger partial charge in [0.2, 0.25) is 0 Å². The molecule has 2 aliphatic rings. The van der Waals surface area contributed by atoms with Crippen molar-refractivity contribution in [3.05, 3.63) is 29.6 Å². The van der Waals surface area contributed by atoms with E-state index in [0.717, 1.165) is 37.4 Å². The van der Waals surface area contributed by atoms with Crippen molar-refractivity contribution in [1.29, 1.82) is 0 Å². The average molecular weight is 222 g/mol. The molecule has 3 rings (SSSR count). The lowest BCUT2D eigenvalue weighted by Crippen LogP contribution is -2.57. The van der Waals surface area contributed by atoms with Gasteiger partial charge in [0.15, 0.2) is 0 Å². The lowest BCUT2D eigenvalue weighted by atomic mass is 10.1. The Labute approximate surface area is 94.0 Å². The molecule has 2 aliphatic heterocycles. The summed E-state index contributed by atoms with van der Waals surface area (Å²) in [7, 11) is 0. The van der Waals surface area contributed by atoms with Gasteiger partial charge in [-0.15, -0.1) is 0 Å². The fraction of sp³-hybridized carbons (Fsp3) is 0.500. The first-order valence-corrected chi connectivity index (χ1v) is 5.64. The van der Waals surface area contributed by atoms with Crippen molar-refractivity contribution in [2.45, 2.75) is 18.6 Å². The van der Waals surface area contributed by atoms with Crippen LogP contribution >= 0.6 is 0 Å². The maximum absolute atomic E-state index is 13.0. The van der Waals surface area contributed by atoms with Gasteiger partial charge in [0, 0.05) is 37.7 Å². The Hall–Kier alpha value is -1.13. The monoisotopic (exact) mass is 222 g/mol. The summed E-state index contributed by atoms with van der Waals surface area (Å²) in [5.41, 5.74) is 6.70. The molecule has 16 heavy (non-hydrogen) atoms. The lowest BCUT2D eigenvalue weighted by molar-refractivity contribution is 0.0900. The van der Waals surface area contributed by atoms with E-state index in [1.54, 1.807) is 12.1 Å². The van der Waals surface area contributed by atoms with Crippen molar-refractivity contribution in [3.8, 4) is 5.75 Å². The zero-order valence-corrected chi connectivity index (χ0v) is 9.03. The Balaban J connectivity index is 1.62. The van der Waals surface area contributed by atoms with Gasteiger partial charge in [-0.1, -0.05) is 0 Å². The number of fused-ring (bicyclic) bond motifs is 1. The van der Waals surface area contributed by atoms with E-state index >= 15 is 0 Å². The molecule has 1 saturated heterocycles. The first-order valence-electron chi connectivity index (χ1n) is 5.64. The van der Waals surface area contributed by atoms with Crippen LogP contribution in [0, 0.1) is 5.82 Å². The molecule has 0 bridgehead atoms. The maximum atomic E-state index is 13.0. The Bertz CT molecular complexity index is 404. The van der Waals surface area contributed by atoms with Gasteiger partial charge < -0.3 is 10.5 Å². The minimum atomic E-state index is -0.186. The zero-order valence-electron chi connectivity index (χ0n) is 9.03. The van der Waals surface area contributed by atoms with Crippen LogP contribution in [0.15, 0.2) is 18.2 Å². The van der Waals surface area contributed by atoms with Gasteiger partial charge in [-0.3, -0.25) is 4.90 Å². The molecule has 1 atom stereocenters. The van der Waals surface area contributed by atoms with Crippen LogP contribution in [-0.4, -0.2) is 36.7 Å². The summed E-state index contributed by atoms with van der Waals surface area (Å²) < 4.78 is 18.8. The summed E-state index contributed by atoms with van der Waals surface area (Å²) in [6.07, 6.45) is 0.961. The van der Waals surface area contributed by atoms with Crippen LogP contribution in [0.1, 0.15) is 5.56 Å². The molecule has 1 aromatic rings. The molecule has 0 radical (unpaired) electrons. The van der Waals surface area contributed by atoms with Crippen LogP contribution in [0.2, 0.25) is 0 Å². The van der Waals surface area contributed by atoms with Gasteiger partial charge in [0.05, 0.1) is 0 Å². The number of halogens is 1. The summed E-state index contributed by atoms with van der Waals surface area (Å²) >= 11 is 0. The molecule has 1 unspecified atom stereocenters. The van der Waals surface area contributed by atoms with Crippen molar-refractivity contribution < 1.29 is 9.13 Å². The summed E-state index contributed by atoms with van der Waals surface area (Å²) in [4.78, 5) is 2.28. The Morgan fingerprint density at radius 2 is 2.25 bits per heavy atom. The number of benzene rings is 1. The van der Waals surface area contributed by atoms with Gasteiger partial charge in [0.25, 0.3) is 0 Å². The largest absolute Gasteiger partial charge is 0.488 e. The highest BCUT2D eigenvalue weighted by atomic mass is 19.1. The fourth-order valence-corrected chi connectivity index (χ4v) is 2.44. The summed E-state index contributed by atoms with van der Waals surface area (Å²) in [6, 6.07) is 5.05. The topological polar surface area (TPSA) is 38.5 Å². The quantitative estimate of drug-likeness (QED) is 0.803. The molecule has 3 nitrogen and oxygen atoms in total. The second-order valence-electron chi connectivity index (χ2n) is 4.67. The third-order valence-corrected chi connectivity index (χ3v) is 3.21. The van der Waals surface area contributed by atoms with Gasteiger partial charge >= 0.3 is 0 Å². The maximum Gasteiger partial charge on any atom is 0.123 e. The van der Waals surface area contributed by atoms with E-state index in [-0.39, 0.29) is 11.9 Å². The number of ether oxygens (including phenoxy) is 1. The molecule has 0 saturated carbocycles. The Morgan fingerprint density at radius 1 is 1.44 bits per heavy atom.